The second-order valence-electron chi connectivity index (χ2n) is 4.48. The van der Waals surface area contributed by atoms with Crippen molar-refractivity contribution in [2.24, 2.45) is 0 Å². The van der Waals surface area contributed by atoms with Crippen molar-refractivity contribution in [2.45, 2.75) is 26.2 Å². The number of carbonyl (C=O) groups is 3. The molecule has 20 heavy (non-hydrogen) atoms. The highest BCUT2D eigenvalue weighted by molar-refractivity contribution is 5.96. The molecule has 0 aliphatic rings. The summed E-state index contributed by atoms with van der Waals surface area (Å²) < 4.78 is 0. The van der Waals surface area contributed by atoms with Crippen LogP contribution < -0.4 is 10.6 Å². The fourth-order valence-corrected chi connectivity index (χ4v) is 1.71. The first-order valence-electron chi connectivity index (χ1n) is 6.69. The number of rotatable bonds is 8. The van der Waals surface area contributed by atoms with Gasteiger partial charge in [-0.2, -0.15) is 0 Å². The van der Waals surface area contributed by atoms with Crippen molar-refractivity contribution in [1.29, 1.82) is 0 Å². The molecule has 5 heteroatoms. The second kappa shape index (κ2) is 8.85. The Morgan fingerprint density at radius 3 is 2.25 bits per heavy atom. The van der Waals surface area contributed by atoms with Gasteiger partial charge in [0.15, 0.2) is 5.78 Å². The molecule has 0 bridgehead atoms. The molecule has 0 fully saturated rings. The number of nitrogens with one attached hydrogen (secondary N) is 2. The molecule has 1 aromatic rings. The summed E-state index contributed by atoms with van der Waals surface area (Å²) in [5, 5.41) is 5.28. The summed E-state index contributed by atoms with van der Waals surface area (Å²) in [5.41, 5.74) is 0.679. The minimum absolute atomic E-state index is 0.0525. The molecule has 0 aliphatic heterocycles. The minimum Gasteiger partial charge on any atom is -0.355 e. The van der Waals surface area contributed by atoms with Gasteiger partial charge in [0.1, 0.15) is 0 Å². The molecule has 0 spiro atoms. The topological polar surface area (TPSA) is 75.3 Å². The summed E-state index contributed by atoms with van der Waals surface area (Å²) in [4.78, 5) is 33.9. The van der Waals surface area contributed by atoms with Gasteiger partial charge in [-0.3, -0.25) is 14.4 Å². The van der Waals surface area contributed by atoms with Crippen LogP contribution in [0.5, 0.6) is 0 Å². The maximum Gasteiger partial charge on any atom is 0.220 e. The van der Waals surface area contributed by atoms with Crippen LogP contribution in [-0.2, 0) is 9.59 Å². The van der Waals surface area contributed by atoms with Gasteiger partial charge in [-0.15, -0.1) is 0 Å². The van der Waals surface area contributed by atoms with Crippen LogP contribution in [0.15, 0.2) is 30.3 Å². The first kappa shape index (κ1) is 15.9. The summed E-state index contributed by atoms with van der Waals surface area (Å²) in [6.07, 6.45) is 1.21. The Morgan fingerprint density at radius 1 is 0.950 bits per heavy atom. The minimum atomic E-state index is -0.118. The third-order valence-electron chi connectivity index (χ3n) is 2.72. The van der Waals surface area contributed by atoms with E-state index in [0.29, 0.717) is 37.9 Å². The van der Waals surface area contributed by atoms with Gasteiger partial charge in [0.25, 0.3) is 0 Å². The number of ketones is 1. The van der Waals surface area contributed by atoms with E-state index < -0.39 is 0 Å². The Hall–Kier alpha value is -2.17. The largest absolute Gasteiger partial charge is 0.355 e. The predicted molar refractivity (Wildman–Crippen MR) is 76.3 cm³/mol. The van der Waals surface area contributed by atoms with E-state index in [2.05, 4.69) is 10.6 Å². The fraction of sp³-hybridized carbons (Fsp3) is 0.400. The molecule has 0 heterocycles. The van der Waals surface area contributed by atoms with E-state index in [-0.39, 0.29) is 17.6 Å². The van der Waals surface area contributed by atoms with Crippen LogP contribution in [0, 0.1) is 0 Å². The highest BCUT2D eigenvalue weighted by atomic mass is 16.2. The normalized spacial score (nSPS) is 9.85. The Bertz CT molecular complexity index is 457. The molecule has 0 atom stereocenters. The van der Waals surface area contributed by atoms with Crippen molar-refractivity contribution < 1.29 is 14.4 Å². The Balaban J connectivity index is 2.13. The molecule has 5 nitrogen and oxygen atoms in total. The zero-order valence-corrected chi connectivity index (χ0v) is 11.6. The van der Waals surface area contributed by atoms with Crippen LogP contribution in [0.1, 0.15) is 36.5 Å². The van der Waals surface area contributed by atoms with E-state index >= 15 is 0 Å². The van der Waals surface area contributed by atoms with Crippen molar-refractivity contribution in [3.8, 4) is 0 Å². The van der Waals surface area contributed by atoms with Gasteiger partial charge in [0, 0.05) is 38.4 Å². The molecule has 1 rings (SSSR count). The summed E-state index contributed by atoms with van der Waals surface area (Å²) in [6.45, 7) is 2.26. The number of benzene rings is 1. The van der Waals surface area contributed by atoms with Gasteiger partial charge in [0.05, 0.1) is 0 Å². The van der Waals surface area contributed by atoms with Crippen molar-refractivity contribution in [3.05, 3.63) is 35.9 Å². The van der Waals surface area contributed by atoms with Crippen LogP contribution in [-0.4, -0.2) is 30.7 Å². The van der Waals surface area contributed by atoms with Crippen LogP contribution in [0.4, 0.5) is 0 Å². The third-order valence-corrected chi connectivity index (χ3v) is 2.72. The average molecular weight is 276 g/mol. The predicted octanol–water partition coefficient (Wildman–Crippen LogP) is 1.29. The summed E-state index contributed by atoms with van der Waals surface area (Å²) in [7, 11) is 0. The molecule has 0 saturated carbocycles. The SMILES string of the molecule is CC(=O)NCCNC(=O)CCCC(=O)c1ccccc1. The lowest BCUT2D eigenvalue weighted by Gasteiger charge is -2.05. The highest BCUT2D eigenvalue weighted by Gasteiger charge is 2.06. The van der Waals surface area contributed by atoms with Crippen molar-refractivity contribution in [2.75, 3.05) is 13.1 Å². The monoisotopic (exact) mass is 276 g/mol. The summed E-state index contributed by atoms with van der Waals surface area (Å²) >= 11 is 0. The molecule has 0 radical (unpaired) electrons. The maximum atomic E-state index is 11.8. The highest BCUT2D eigenvalue weighted by Crippen LogP contribution is 2.06. The molecule has 1 aromatic carbocycles. The third kappa shape index (κ3) is 6.68. The molecule has 2 amide bonds. The first-order valence-corrected chi connectivity index (χ1v) is 6.69. The molecule has 108 valence electrons. The van der Waals surface area contributed by atoms with Crippen LogP contribution >= 0.6 is 0 Å². The zero-order valence-electron chi connectivity index (χ0n) is 11.6. The quantitative estimate of drug-likeness (QED) is 0.555. The van der Waals surface area contributed by atoms with Gasteiger partial charge in [-0.1, -0.05) is 30.3 Å². The summed E-state index contributed by atoms with van der Waals surface area (Å²) in [5.74, 6) is -0.166. The molecule has 0 aliphatic carbocycles. The standard InChI is InChI=1S/C15H20N2O3/c1-12(18)16-10-11-17-15(20)9-5-8-14(19)13-6-3-2-4-7-13/h2-4,6-7H,5,8-11H2,1H3,(H,16,18)(H,17,20). The molecule has 0 unspecified atom stereocenters. The summed E-state index contributed by atoms with van der Waals surface area (Å²) in [6, 6.07) is 9.05. The first-order chi connectivity index (χ1) is 9.59. The van der Waals surface area contributed by atoms with Crippen molar-refractivity contribution in [1.82, 2.24) is 10.6 Å². The van der Waals surface area contributed by atoms with E-state index in [1.165, 1.54) is 6.92 Å². The number of hydrogen-bond acceptors (Lipinski definition) is 3. The van der Waals surface area contributed by atoms with E-state index in [1.54, 1.807) is 12.1 Å². The van der Waals surface area contributed by atoms with Crippen molar-refractivity contribution in [3.63, 3.8) is 0 Å². The Morgan fingerprint density at radius 2 is 1.60 bits per heavy atom. The molecule has 0 aromatic heterocycles. The van der Waals surface area contributed by atoms with E-state index in [1.807, 2.05) is 18.2 Å². The molecular weight excluding hydrogens is 256 g/mol. The lowest BCUT2D eigenvalue weighted by Crippen LogP contribution is -2.33. The number of hydrogen-bond donors (Lipinski definition) is 2. The lowest BCUT2D eigenvalue weighted by molar-refractivity contribution is -0.122. The molecule has 0 saturated heterocycles. The number of carbonyl (C=O) groups excluding carboxylic acids is 3. The van der Waals surface area contributed by atoms with E-state index in [9.17, 15) is 14.4 Å². The van der Waals surface area contributed by atoms with Gasteiger partial charge >= 0.3 is 0 Å². The molecular formula is C15H20N2O3. The lowest BCUT2D eigenvalue weighted by atomic mass is 10.1. The van der Waals surface area contributed by atoms with Gasteiger partial charge in [-0.25, -0.2) is 0 Å². The Kier molecular flexibility index (Phi) is 7.03. The van der Waals surface area contributed by atoms with Crippen LogP contribution in [0.2, 0.25) is 0 Å². The Labute approximate surface area is 118 Å². The molecule has 2 N–H and O–H groups in total. The van der Waals surface area contributed by atoms with Crippen LogP contribution in [0.3, 0.4) is 0 Å². The number of amides is 2. The van der Waals surface area contributed by atoms with Gasteiger partial charge < -0.3 is 10.6 Å². The van der Waals surface area contributed by atoms with Gasteiger partial charge in [0.2, 0.25) is 11.8 Å². The second-order valence-corrected chi connectivity index (χ2v) is 4.48. The van der Waals surface area contributed by atoms with Crippen molar-refractivity contribution >= 4 is 17.6 Å². The number of Topliss-reactive ketones (excluding diaryl/α,β-unsaturated/α-hetero) is 1. The zero-order chi connectivity index (χ0) is 14.8. The van der Waals surface area contributed by atoms with Crippen LogP contribution in [0.25, 0.3) is 0 Å². The average Bonchev–Trinajstić information content (AvgIpc) is 2.44. The van der Waals surface area contributed by atoms with E-state index in [0.717, 1.165) is 0 Å². The van der Waals surface area contributed by atoms with Gasteiger partial charge in [-0.05, 0) is 6.42 Å². The van der Waals surface area contributed by atoms with E-state index in [4.69, 9.17) is 0 Å². The smallest absolute Gasteiger partial charge is 0.220 e. The maximum absolute atomic E-state index is 11.8. The fourth-order valence-electron chi connectivity index (χ4n) is 1.71.